The molecule has 0 radical (unpaired) electrons. The summed E-state index contributed by atoms with van der Waals surface area (Å²) in [4.78, 5) is 40.5. The van der Waals surface area contributed by atoms with Crippen LogP contribution in [0.3, 0.4) is 0 Å². The van der Waals surface area contributed by atoms with Crippen molar-refractivity contribution >= 4 is 34.4 Å². The van der Waals surface area contributed by atoms with Crippen LogP contribution in [0.15, 0.2) is 33.9 Å². The van der Waals surface area contributed by atoms with Crippen LogP contribution in [-0.2, 0) is 14.2 Å². The molecule has 4 N–H and O–H groups in total. The van der Waals surface area contributed by atoms with Gasteiger partial charge in [-0.05, 0) is 37.7 Å². The Kier molecular flexibility index (Phi) is 7.66. The highest BCUT2D eigenvalue weighted by molar-refractivity contribution is 6.00. The molecule has 2 aliphatic rings. The minimum absolute atomic E-state index is 0.121. The van der Waals surface area contributed by atoms with Crippen LogP contribution in [0.4, 0.5) is 20.6 Å². The zero-order valence-electron chi connectivity index (χ0n) is 22.3. The molecule has 1 aliphatic carbocycles. The number of esters is 1. The topological polar surface area (TPSA) is 165 Å². The number of carbonyl (C=O) groups excluding carboxylic acids is 2. The molecule has 0 spiro atoms. The average molecular weight is 558 g/mol. The first-order valence-electron chi connectivity index (χ1n) is 13.3. The van der Waals surface area contributed by atoms with Gasteiger partial charge in [-0.2, -0.15) is 0 Å². The number of carbonyl (C=O) groups is 2. The SMILES string of the molecule is CC(OC(=O)OC1CCCCC1)OC(=O)c1cn(-c2ccon2)c2cc(N3CC(C)C(N)C3)c(F)c(N)c2c1=O. The number of fused-ring (bicyclic) bond motifs is 1. The maximum Gasteiger partial charge on any atom is 0.511 e. The van der Waals surface area contributed by atoms with Crippen LogP contribution in [0.1, 0.15) is 56.3 Å². The molecular formula is C27H32FN5O7. The lowest BCUT2D eigenvalue weighted by molar-refractivity contribution is -0.0915. The van der Waals surface area contributed by atoms with E-state index in [0.717, 1.165) is 32.1 Å². The molecule has 1 aromatic carbocycles. The van der Waals surface area contributed by atoms with Gasteiger partial charge in [0.25, 0.3) is 0 Å². The molecule has 13 heteroatoms. The van der Waals surface area contributed by atoms with E-state index in [1.165, 1.54) is 36.1 Å². The molecule has 40 heavy (non-hydrogen) atoms. The molecule has 1 aliphatic heterocycles. The molecule has 214 valence electrons. The van der Waals surface area contributed by atoms with Crippen LogP contribution in [0.25, 0.3) is 16.7 Å². The van der Waals surface area contributed by atoms with Crippen LogP contribution in [0.2, 0.25) is 0 Å². The molecule has 12 nitrogen and oxygen atoms in total. The molecule has 3 aromatic rings. The number of pyridine rings is 1. The van der Waals surface area contributed by atoms with Crippen molar-refractivity contribution in [1.82, 2.24) is 9.72 Å². The second kappa shape index (κ2) is 11.2. The van der Waals surface area contributed by atoms with Crippen molar-refractivity contribution in [2.24, 2.45) is 11.7 Å². The number of aromatic nitrogens is 2. The number of benzene rings is 1. The van der Waals surface area contributed by atoms with E-state index in [1.807, 2.05) is 6.92 Å². The summed E-state index contributed by atoms with van der Waals surface area (Å²) in [7, 11) is 0. The Morgan fingerprint density at radius 3 is 2.60 bits per heavy atom. The summed E-state index contributed by atoms with van der Waals surface area (Å²) in [5.74, 6) is -1.58. The van der Waals surface area contributed by atoms with Gasteiger partial charge in [0.15, 0.2) is 11.6 Å². The van der Waals surface area contributed by atoms with Crippen LogP contribution in [0.5, 0.6) is 0 Å². The first kappa shape index (κ1) is 27.4. The van der Waals surface area contributed by atoms with Crippen molar-refractivity contribution in [1.29, 1.82) is 0 Å². The minimum atomic E-state index is -1.36. The van der Waals surface area contributed by atoms with Crippen LogP contribution < -0.4 is 21.8 Å². The Morgan fingerprint density at radius 1 is 1.20 bits per heavy atom. The molecule has 0 bridgehead atoms. The molecule has 3 heterocycles. The molecule has 1 saturated heterocycles. The highest BCUT2D eigenvalue weighted by atomic mass is 19.1. The van der Waals surface area contributed by atoms with Gasteiger partial charge in [0.2, 0.25) is 11.7 Å². The summed E-state index contributed by atoms with van der Waals surface area (Å²) in [5, 5.41) is 3.67. The number of rotatable bonds is 6. The van der Waals surface area contributed by atoms with Gasteiger partial charge >= 0.3 is 12.1 Å². The van der Waals surface area contributed by atoms with Crippen molar-refractivity contribution in [2.75, 3.05) is 23.7 Å². The van der Waals surface area contributed by atoms with Crippen LogP contribution in [0, 0.1) is 11.7 Å². The van der Waals surface area contributed by atoms with Gasteiger partial charge in [-0.1, -0.05) is 18.5 Å². The lowest BCUT2D eigenvalue weighted by Crippen LogP contribution is -2.30. The Morgan fingerprint density at radius 2 is 1.95 bits per heavy atom. The number of hydrogen-bond acceptors (Lipinski definition) is 11. The largest absolute Gasteiger partial charge is 0.511 e. The zero-order chi connectivity index (χ0) is 28.6. The number of ether oxygens (including phenoxy) is 3. The van der Waals surface area contributed by atoms with Gasteiger partial charge < -0.3 is 35.1 Å². The molecule has 2 aromatic heterocycles. The lowest BCUT2D eigenvalue weighted by Gasteiger charge is -2.23. The third-order valence-corrected chi connectivity index (χ3v) is 7.50. The maximum absolute atomic E-state index is 15.6. The number of nitrogen functional groups attached to an aromatic ring is 1. The fraction of sp³-hybridized carbons (Fsp3) is 0.481. The van der Waals surface area contributed by atoms with Crippen LogP contribution in [-0.4, -0.2) is 53.4 Å². The van der Waals surface area contributed by atoms with E-state index >= 15 is 4.39 Å². The standard InChI is InChI=1S/C27H32FN5O7/c1-14-11-32(13-18(14)29)20-10-19-22(24(30)23(20)28)25(34)17(12-33(19)21-8-9-37-31-21)26(35)38-15(2)39-27(36)40-16-6-4-3-5-7-16/h8-10,12,14-16,18H,3-7,11,13,29-30H2,1-2H3. The molecule has 0 amide bonds. The van der Waals surface area contributed by atoms with Crippen molar-refractivity contribution < 1.29 is 32.7 Å². The summed E-state index contributed by atoms with van der Waals surface area (Å²) >= 11 is 0. The normalized spacial score (nSPS) is 20.4. The second-order valence-corrected chi connectivity index (χ2v) is 10.4. The molecule has 2 fully saturated rings. The predicted molar refractivity (Wildman–Crippen MR) is 143 cm³/mol. The van der Waals surface area contributed by atoms with Crippen molar-refractivity contribution in [3.05, 3.63) is 46.2 Å². The third-order valence-electron chi connectivity index (χ3n) is 7.50. The third kappa shape index (κ3) is 5.33. The fourth-order valence-corrected chi connectivity index (χ4v) is 5.28. The smallest absolute Gasteiger partial charge is 0.431 e. The number of nitrogens with zero attached hydrogens (tertiary/aromatic N) is 3. The number of nitrogens with two attached hydrogens (primary N) is 2. The summed E-state index contributed by atoms with van der Waals surface area (Å²) in [5.41, 5.74) is 10.9. The maximum atomic E-state index is 15.6. The van der Waals surface area contributed by atoms with E-state index in [9.17, 15) is 14.4 Å². The number of halogens is 1. The number of hydrogen-bond donors (Lipinski definition) is 2. The second-order valence-electron chi connectivity index (χ2n) is 10.4. The monoisotopic (exact) mass is 557 g/mol. The Balaban J connectivity index is 1.47. The van der Waals surface area contributed by atoms with Gasteiger partial charge in [0, 0.05) is 38.3 Å². The van der Waals surface area contributed by atoms with E-state index in [4.69, 9.17) is 30.2 Å². The number of anilines is 2. The zero-order valence-corrected chi connectivity index (χ0v) is 22.3. The van der Waals surface area contributed by atoms with Gasteiger partial charge in [-0.3, -0.25) is 9.36 Å². The molecule has 3 unspecified atom stereocenters. The van der Waals surface area contributed by atoms with E-state index in [2.05, 4.69) is 5.16 Å². The fourth-order valence-electron chi connectivity index (χ4n) is 5.28. The van der Waals surface area contributed by atoms with Gasteiger partial charge in [0.05, 0.1) is 22.3 Å². The van der Waals surface area contributed by atoms with Crippen molar-refractivity contribution in [3.8, 4) is 5.82 Å². The Hall–Kier alpha value is -4.13. The van der Waals surface area contributed by atoms with Gasteiger partial charge in [0.1, 0.15) is 17.9 Å². The van der Waals surface area contributed by atoms with Crippen LogP contribution >= 0.6 is 0 Å². The molecule has 3 atom stereocenters. The molecule has 1 saturated carbocycles. The predicted octanol–water partition coefficient (Wildman–Crippen LogP) is 3.47. The Labute approximate surface area is 228 Å². The van der Waals surface area contributed by atoms with Crippen molar-refractivity contribution in [2.45, 2.75) is 64.4 Å². The summed E-state index contributed by atoms with van der Waals surface area (Å²) < 4.78 is 37.5. The summed E-state index contributed by atoms with van der Waals surface area (Å²) in [6.07, 6.45) is 4.41. The van der Waals surface area contributed by atoms with E-state index in [-0.39, 0.29) is 40.5 Å². The van der Waals surface area contributed by atoms with Gasteiger partial charge in [-0.15, -0.1) is 0 Å². The highest BCUT2D eigenvalue weighted by Gasteiger charge is 2.31. The first-order valence-corrected chi connectivity index (χ1v) is 13.3. The quantitative estimate of drug-likeness (QED) is 0.259. The van der Waals surface area contributed by atoms with E-state index in [0.29, 0.717) is 13.1 Å². The first-order chi connectivity index (χ1) is 19.1. The molecule has 5 rings (SSSR count). The Bertz CT molecular complexity index is 1460. The van der Waals surface area contributed by atoms with Crippen molar-refractivity contribution in [3.63, 3.8) is 0 Å². The average Bonchev–Trinajstić information content (AvgIpc) is 3.56. The summed E-state index contributed by atoms with van der Waals surface area (Å²) in [6.45, 7) is 4.20. The summed E-state index contributed by atoms with van der Waals surface area (Å²) in [6, 6.07) is 2.82. The molecular weight excluding hydrogens is 525 g/mol. The van der Waals surface area contributed by atoms with E-state index < -0.39 is 40.9 Å². The minimum Gasteiger partial charge on any atom is -0.431 e. The van der Waals surface area contributed by atoms with E-state index in [1.54, 1.807) is 4.90 Å². The van der Waals surface area contributed by atoms with Gasteiger partial charge in [-0.25, -0.2) is 14.0 Å². The highest BCUT2D eigenvalue weighted by Crippen LogP contribution is 2.34. The lowest BCUT2D eigenvalue weighted by atomic mass is 9.98.